The van der Waals surface area contributed by atoms with Gasteiger partial charge in [-0.25, -0.2) is 0 Å². The number of nitrogens with one attached hydrogen (secondary N) is 1. The third-order valence-corrected chi connectivity index (χ3v) is 8.57. The van der Waals surface area contributed by atoms with E-state index in [1.807, 2.05) is 24.3 Å². The Morgan fingerprint density at radius 3 is 2.59 bits per heavy atom. The lowest BCUT2D eigenvalue weighted by molar-refractivity contribution is -0.157. The maximum atomic E-state index is 13.1. The number of carbonyl (C=O) groups excluding carboxylic acids is 3. The van der Waals surface area contributed by atoms with E-state index in [1.54, 1.807) is 6.07 Å². The van der Waals surface area contributed by atoms with Crippen LogP contribution in [0.1, 0.15) is 69.9 Å². The number of hydrogen-bond donors (Lipinski definition) is 1. The van der Waals surface area contributed by atoms with E-state index in [9.17, 15) is 14.4 Å². The molecule has 2 aromatic rings. The van der Waals surface area contributed by atoms with Gasteiger partial charge in [0.05, 0.1) is 0 Å². The first-order chi connectivity index (χ1) is 19.8. The summed E-state index contributed by atoms with van der Waals surface area (Å²) in [5, 5.41) is 3.30. The van der Waals surface area contributed by atoms with Gasteiger partial charge in [0.15, 0.2) is 0 Å². The monoisotopic (exact) mass is 560 g/mol. The maximum absolute atomic E-state index is 13.1. The number of likely N-dealkylation sites (tertiary alicyclic amines) is 1. The Kier molecular flexibility index (Phi) is 10.7. The summed E-state index contributed by atoms with van der Waals surface area (Å²) in [7, 11) is 0. The molecule has 0 spiro atoms. The van der Waals surface area contributed by atoms with E-state index in [4.69, 9.17) is 9.47 Å². The highest BCUT2D eigenvalue weighted by atomic mass is 16.5. The van der Waals surface area contributed by atoms with Gasteiger partial charge >= 0.3 is 11.9 Å². The van der Waals surface area contributed by atoms with Gasteiger partial charge in [-0.15, -0.1) is 6.58 Å². The van der Waals surface area contributed by atoms with Crippen molar-refractivity contribution in [2.24, 2.45) is 5.92 Å². The lowest BCUT2D eigenvalue weighted by atomic mass is 9.57. The number of nitrogens with zero attached hydrogens (tertiary/aromatic N) is 1. The number of unbranched alkanes of at least 4 members (excludes halogenated alkanes) is 2. The van der Waals surface area contributed by atoms with Crippen molar-refractivity contribution in [1.82, 2.24) is 10.2 Å². The lowest BCUT2D eigenvalue weighted by Crippen LogP contribution is -2.61. The molecule has 1 heterocycles. The number of fused-ring (bicyclic) bond motifs is 1. The summed E-state index contributed by atoms with van der Waals surface area (Å²) in [5.74, 6) is -0.111. The van der Waals surface area contributed by atoms with Gasteiger partial charge in [0.2, 0.25) is 5.91 Å². The Morgan fingerprint density at radius 1 is 1.05 bits per heavy atom. The molecule has 1 N–H and O–H groups in total. The summed E-state index contributed by atoms with van der Waals surface area (Å²) in [4.78, 5) is 39.4. The van der Waals surface area contributed by atoms with E-state index in [0.717, 1.165) is 63.7 Å². The molecule has 2 aliphatic rings. The predicted octanol–water partition coefficient (Wildman–Crippen LogP) is 5.37. The van der Waals surface area contributed by atoms with E-state index in [1.165, 1.54) is 19.4 Å². The quantitative estimate of drug-likeness (QED) is 0.163. The molecule has 2 aromatic carbocycles. The predicted molar refractivity (Wildman–Crippen MR) is 160 cm³/mol. The fourth-order valence-corrected chi connectivity index (χ4v) is 6.83. The highest BCUT2D eigenvalue weighted by Crippen LogP contribution is 2.50. The van der Waals surface area contributed by atoms with Crippen LogP contribution in [0.15, 0.2) is 67.3 Å². The molecule has 1 saturated carbocycles. The van der Waals surface area contributed by atoms with Crippen molar-refractivity contribution in [3.63, 3.8) is 0 Å². The fraction of sp³-hybridized carbons (Fsp3) is 0.500. The summed E-state index contributed by atoms with van der Waals surface area (Å²) in [6.07, 6.45) is 8.10. The number of benzene rings is 2. The number of esters is 2. The van der Waals surface area contributed by atoms with Gasteiger partial charge in [-0.3, -0.25) is 19.3 Å². The van der Waals surface area contributed by atoms with Crippen LogP contribution in [0.25, 0.3) is 0 Å². The third kappa shape index (κ3) is 8.29. The van der Waals surface area contributed by atoms with Crippen LogP contribution in [-0.4, -0.2) is 54.5 Å². The van der Waals surface area contributed by atoms with E-state index >= 15 is 0 Å². The van der Waals surface area contributed by atoms with Gasteiger partial charge in [-0.05, 0) is 61.9 Å². The second kappa shape index (κ2) is 14.4. The molecule has 1 saturated heterocycles. The molecule has 4 rings (SSSR count). The lowest BCUT2D eigenvalue weighted by Gasteiger charge is -2.55. The average Bonchev–Trinajstić information content (AvgIpc) is 2.93. The van der Waals surface area contributed by atoms with Gasteiger partial charge in [0, 0.05) is 57.2 Å². The zero-order valence-electron chi connectivity index (χ0n) is 24.5. The van der Waals surface area contributed by atoms with Crippen LogP contribution in [-0.2, 0) is 31.0 Å². The summed E-state index contributed by atoms with van der Waals surface area (Å²) < 4.78 is 11.4. The molecule has 1 aliphatic carbocycles. The zero-order chi connectivity index (χ0) is 29.2. The summed E-state index contributed by atoms with van der Waals surface area (Å²) >= 11 is 0. The second-order valence-corrected chi connectivity index (χ2v) is 11.6. The van der Waals surface area contributed by atoms with Gasteiger partial charge in [0.25, 0.3) is 0 Å². The van der Waals surface area contributed by atoms with Crippen LogP contribution < -0.4 is 10.1 Å². The maximum Gasteiger partial charge on any atom is 0.308 e. The number of piperidine rings is 1. The number of ether oxygens (including phenoxy) is 2. The van der Waals surface area contributed by atoms with E-state index in [-0.39, 0.29) is 41.3 Å². The molecule has 41 heavy (non-hydrogen) atoms. The molecule has 7 nitrogen and oxygen atoms in total. The van der Waals surface area contributed by atoms with Crippen molar-refractivity contribution >= 4 is 17.8 Å². The third-order valence-electron chi connectivity index (χ3n) is 8.57. The Labute approximate surface area is 244 Å². The molecule has 220 valence electrons. The Hall–Kier alpha value is -3.45. The molecule has 0 radical (unpaired) electrons. The SMILES string of the molecule is C=CCN1CC[C@@]2(c3cccc(OC(C)=O)c3)C[C@H](NC(=O)CCCCCc3ccccc3)CC(OC(C)=O)[C@@H]2C1. The number of amides is 1. The molecule has 2 fully saturated rings. The molecule has 0 bridgehead atoms. The van der Waals surface area contributed by atoms with Gasteiger partial charge in [0.1, 0.15) is 11.9 Å². The van der Waals surface area contributed by atoms with Gasteiger partial charge in [-0.1, -0.05) is 55.0 Å². The Bertz CT molecular complexity index is 1200. The number of aryl methyl sites for hydroxylation is 1. The molecular weight excluding hydrogens is 516 g/mol. The van der Waals surface area contributed by atoms with E-state index in [0.29, 0.717) is 18.6 Å². The average molecular weight is 561 g/mol. The summed E-state index contributed by atoms with van der Waals surface area (Å²) in [6.45, 7) is 9.13. The number of hydrogen-bond acceptors (Lipinski definition) is 6. The molecule has 1 aliphatic heterocycles. The van der Waals surface area contributed by atoms with Crippen LogP contribution >= 0.6 is 0 Å². The first-order valence-electron chi connectivity index (χ1n) is 14.9. The minimum Gasteiger partial charge on any atom is -0.462 e. The summed E-state index contributed by atoms with van der Waals surface area (Å²) in [6, 6.07) is 18.0. The van der Waals surface area contributed by atoms with Crippen LogP contribution in [0.2, 0.25) is 0 Å². The molecule has 7 heteroatoms. The molecule has 1 amide bonds. The minimum atomic E-state index is -0.368. The molecule has 0 aromatic heterocycles. The van der Waals surface area contributed by atoms with Crippen molar-refractivity contribution in [3.05, 3.63) is 78.4 Å². The normalized spacial score (nSPS) is 24.1. The van der Waals surface area contributed by atoms with Crippen molar-refractivity contribution in [1.29, 1.82) is 0 Å². The smallest absolute Gasteiger partial charge is 0.308 e. The van der Waals surface area contributed by atoms with Crippen molar-refractivity contribution < 1.29 is 23.9 Å². The zero-order valence-corrected chi connectivity index (χ0v) is 24.5. The minimum absolute atomic E-state index is 0.0267. The summed E-state index contributed by atoms with van der Waals surface area (Å²) in [5.41, 5.74) is 2.03. The Morgan fingerprint density at radius 2 is 1.85 bits per heavy atom. The van der Waals surface area contributed by atoms with Gasteiger partial charge < -0.3 is 14.8 Å². The first kappa shape index (κ1) is 30.5. The van der Waals surface area contributed by atoms with Crippen LogP contribution in [0.4, 0.5) is 0 Å². The van der Waals surface area contributed by atoms with Crippen molar-refractivity contribution in [2.75, 3.05) is 19.6 Å². The fourth-order valence-electron chi connectivity index (χ4n) is 6.83. The first-order valence-corrected chi connectivity index (χ1v) is 14.9. The van der Waals surface area contributed by atoms with Crippen LogP contribution in [0.5, 0.6) is 5.75 Å². The van der Waals surface area contributed by atoms with Crippen molar-refractivity contribution in [3.8, 4) is 5.75 Å². The van der Waals surface area contributed by atoms with Crippen molar-refractivity contribution in [2.45, 2.75) is 82.8 Å². The van der Waals surface area contributed by atoms with Crippen LogP contribution in [0.3, 0.4) is 0 Å². The number of carbonyl (C=O) groups is 3. The highest BCUT2D eigenvalue weighted by molar-refractivity contribution is 5.76. The van der Waals surface area contributed by atoms with Gasteiger partial charge in [-0.2, -0.15) is 0 Å². The standard InChI is InChI=1S/C34H44N2O5/c1-4-19-36-20-18-34(28-15-11-16-30(21-28)40-25(2)37)23-29(22-32(31(34)24-36)41-26(3)38)35-33(39)17-10-6-9-14-27-12-7-5-8-13-27/h4-5,7-8,11-13,15-16,21,29,31-32H,1,6,9-10,14,17-20,22-24H2,2-3H3,(H,35,39)/t29-,31+,32?,34+/m1/s1. The highest BCUT2D eigenvalue weighted by Gasteiger charge is 2.53. The van der Waals surface area contributed by atoms with E-state index < -0.39 is 0 Å². The number of rotatable bonds is 12. The second-order valence-electron chi connectivity index (χ2n) is 11.6. The van der Waals surface area contributed by atoms with Crippen LogP contribution in [0, 0.1) is 5.92 Å². The topological polar surface area (TPSA) is 84.9 Å². The molecule has 4 atom stereocenters. The largest absolute Gasteiger partial charge is 0.462 e. The molecular formula is C34H44N2O5. The molecule has 1 unspecified atom stereocenters. The van der Waals surface area contributed by atoms with E-state index in [2.05, 4.69) is 47.1 Å². The Balaban J connectivity index is 1.49.